The third-order valence-electron chi connectivity index (χ3n) is 5.68. The fourth-order valence-corrected chi connectivity index (χ4v) is 4.36. The Morgan fingerprint density at radius 3 is 2.75 bits per heavy atom. The number of nitrogens with zero attached hydrogens (tertiary/aromatic N) is 1. The van der Waals surface area contributed by atoms with Gasteiger partial charge in [-0.2, -0.15) is 0 Å². The first kappa shape index (κ1) is 16.8. The van der Waals surface area contributed by atoms with Crippen LogP contribution in [0.1, 0.15) is 34.3 Å². The van der Waals surface area contributed by atoms with E-state index < -0.39 is 5.97 Å². The van der Waals surface area contributed by atoms with Gasteiger partial charge < -0.3 is 14.8 Å². The van der Waals surface area contributed by atoms with Crippen LogP contribution in [0.4, 0.5) is 0 Å². The number of benzene rings is 2. The highest BCUT2D eigenvalue weighted by atomic mass is 16.5. The maximum absolute atomic E-state index is 12.0. The van der Waals surface area contributed by atoms with Gasteiger partial charge in [-0.05, 0) is 73.2 Å². The summed E-state index contributed by atoms with van der Waals surface area (Å²) in [4.78, 5) is 20.3. The molecule has 0 unspecified atom stereocenters. The Labute approximate surface area is 162 Å². The quantitative estimate of drug-likeness (QED) is 0.498. The summed E-state index contributed by atoms with van der Waals surface area (Å²) >= 11 is 0. The Morgan fingerprint density at radius 1 is 1.11 bits per heavy atom. The molecule has 0 radical (unpaired) electrons. The van der Waals surface area contributed by atoms with Crippen molar-refractivity contribution in [1.82, 2.24) is 9.97 Å². The van der Waals surface area contributed by atoms with Crippen molar-refractivity contribution in [1.29, 1.82) is 0 Å². The number of H-pyrrole nitrogens is 1. The van der Waals surface area contributed by atoms with E-state index in [9.17, 15) is 9.90 Å². The highest BCUT2D eigenvalue weighted by Crippen LogP contribution is 2.38. The average molecular weight is 372 g/mol. The van der Waals surface area contributed by atoms with Crippen molar-refractivity contribution < 1.29 is 14.6 Å². The lowest BCUT2D eigenvalue weighted by atomic mass is 9.85. The third-order valence-corrected chi connectivity index (χ3v) is 5.68. The SMILES string of the molecule is COC(=O)c1cc(-c2nc3ccc4[nH]ccc4c3c3c2CCCC3)ccc1O. The number of aryl methyl sites for hydroxylation is 1. The molecule has 0 amide bonds. The monoisotopic (exact) mass is 372 g/mol. The number of rotatable bonds is 2. The molecule has 5 heteroatoms. The molecule has 2 N–H and O–H groups in total. The van der Waals surface area contributed by atoms with Crippen LogP contribution in [0, 0.1) is 0 Å². The smallest absolute Gasteiger partial charge is 0.341 e. The molecule has 5 rings (SSSR count). The summed E-state index contributed by atoms with van der Waals surface area (Å²) in [6.07, 6.45) is 6.24. The lowest BCUT2D eigenvalue weighted by Crippen LogP contribution is -2.08. The molecular weight excluding hydrogens is 352 g/mol. The summed E-state index contributed by atoms with van der Waals surface area (Å²) in [5, 5.41) is 12.5. The molecule has 5 nitrogen and oxygen atoms in total. The van der Waals surface area contributed by atoms with E-state index in [2.05, 4.69) is 17.1 Å². The summed E-state index contributed by atoms with van der Waals surface area (Å²) in [7, 11) is 1.31. The van der Waals surface area contributed by atoms with Gasteiger partial charge in [-0.15, -0.1) is 0 Å². The van der Waals surface area contributed by atoms with E-state index in [-0.39, 0.29) is 11.3 Å². The zero-order chi connectivity index (χ0) is 19.3. The second kappa shape index (κ2) is 6.37. The second-order valence-corrected chi connectivity index (χ2v) is 7.25. The van der Waals surface area contributed by atoms with Gasteiger partial charge in [-0.3, -0.25) is 0 Å². The molecule has 0 fully saturated rings. The lowest BCUT2D eigenvalue weighted by Gasteiger charge is -2.22. The van der Waals surface area contributed by atoms with Crippen molar-refractivity contribution in [3.8, 4) is 17.0 Å². The first-order valence-electron chi connectivity index (χ1n) is 9.50. The molecular formula is C23H20N2O3. The molecule has 0 saturated carbocycles. The highest BCUT2D eigenvalue weighted by Gasteiger charge is 2.22. The zero-order valence-corrected chi connectivity index (χ0v) is 15.6. The molecule has 0 bridgehead atoms. The van der Waals surface area contributed by atoms with Gasteiger partial charge in [0.2, 0.25) is 0 Å². The fourth-order valence-electron chi connectivity index (χ4n) is 4.36. The zero-order valence-electron chi connectivity index (χ0n) is 15.6. The molecule has 1 aliphatic rings. The maximum Gasteiger partial charge on any atom is 0.341 e. The number of aromatic amines is 1. The number of aromatic hydroxyl groups is 1. The number of carbonyl (C=O) groups excluding carboxylic acids is 1. The first-order valence-corrected chi connectivity index (χ1v) is 9.50. The molecule has 28 heavy (non-hydrogen) atoms. The number of phenols is 1. The van der Waals surface area contributed by atoms with E-state index in [1.807, 2.05) is 18.3 Å². The molecule has 0 spiro atoms. The minimum atomic E-state index is -0.553. The Morgan fingerprint density at radius 2 is 1.93 bits per heavy atom. The number of carbonyl (C=O) groups is 1. The largest absolute Gasteiger partial charge is 0.507 e. The van der Waals surface area contributed by atoms with Gasteiger partial charge in [0.25, 0.3) is 0 Å². The molecule has 140 valence electrons. The molecule has 0 aliphatic heterocycles. The van der Waals surface area contributed by atoms with Crippen molar-refractivity contribution >= 4 is 27.8 Å². The van der Waals surface area contributed by atoms with Crippen LogP contribution in [-0.4, -0.2) is 28.2 Å². The number of pyridine rings is 1. The number of phenolic OH excluding ortho intramolecular Hbond substituents is 1. The fraction of sp³-hybridized carbons (Fsp3) is 0.217. The molecule has 0 atom stereocenters. The standard InChI is InChI=1S/C23H20N2O3/c1-28-23(27)17-12-13(6-9-20(17)26)22-15-5-3-2-4-14(15)21-16-10-11-24-18(16)7-8-19(21)25-22/h6-12,24,26H,2-5H2,1H3. The Balaban J connectivity index is 1.81. The van der Waals surface area contributed by atoms with Crippen molar-refractivity contribution in [3.05, 3.63) is 59.3 Å². The number of hydrogen-bond donors (Lipinski definition) is 2. The Bertz CT molecular complexity index is 1240. The molecule has 1 aliphatic carbocycles. The molecule has 4 aromatic rings. The van der Waals surface area contributed by atoms with Gasteiger partial charge in [-0.25, -0.2) is 9.78 Å². The van der Waals surface area contributed by atoms with Crippen LogP contribution in [0.2, 0.25) is 0 Å². The summed E-state index contributed by atoms with van der Waals surface area (Å²) < 4.78 is 4.81. The van der Waals surface area contributed by atoms with E-state index in [0.717, 1.165) is 48.0 Å². The second-order valence-electron chi connectivity index (χ2n) is 7.25. The van der Waals surface area contributed by atoms with Gasteiger partial charge >= 0.3 is 5.97 Å². The maximum atomic E-state index is 12.0. The molecule has 0 saturated heterocycles. The normalized spacial score (nSPS) is 13.6. The van der Waals surface area contributed by atoms with Crippen LogP contribution in [0.15, 0.2) is 42.6 Å². The Hall–Kier alpha value is -3.34. The highest BCUT2D eigenvalue weighted by molar-refractivity contribution is 6.08. The number of hydrogen-bond acceptors (Lipinski definition) is 4. The summed E-state index contributed by atoms with van der Waals surface area (Å²) in [6, 6.07) is 11.3. The van der Waals surface area contributed by atoms with E-state index in [1.165, 1.54) is 35.1 Å². The Kier molecular flexibility index (Phi) is 3.83. The molecule has 2 aromatic carbocycles. The van der Waals surface area contributed by atoms with Gasteiger partial charge in [-0.1, -0.05) is 0 Å². The number of ether oxygens (including phenoxy) is 1. The van der Waals surface area contributed by atoms with Gasteiger partial charge in [0.15, 0.2) is 0 Å². The topological polar surface area (TPSA) is 75.2 Å². The minimum Gasteiger partial charge on any atom is -0.507 e. The van der Waals surface area contributed by atoms with Gasteiger partial charge in [0, 0.05) is 28.0 Å². The van der Waals surface area contributed by atoms with E-state index in [0.29, 0.717) is 0 Å². The van der Waals surface area contributed by atoms with Crippen molar-refractivity contribution in [2.75, 3.05) is 7.11 Å². The molecule has 2 heterocycles. The summed E-state index contributed by atoms with van der Waals surface area (Å²) in [6.45, 7) is 0. The van der Waals surface area contributed by atoms with E-state index in [4.69, 9.17) is 9.72 Å². The van der Waals surface area contributed by atoms with Gasteiger partial charge in [0.1, 0.15) is 11.3 Å². The number of nitrogens with one attached hydrogen (secondary N) is 1. The van der Waals surface area contributed by atoms with Crippen LogP contribution in [0.5, 0.6) is 5.75 Å². The summed E-state index contributed by atoms with van der Waals surface area (Å²) in [5.41, 5.74) is 6.54. The molecule has 2 aromatic heterocycles. The summed E-state index contributed by atoms with van der Waals surface area (Å²) in [5.74, 6) is -0.637. The number of aromatic nitrogens is 2. The first-order chi connectivity index (χ1) is 13.7. The van der Waals surface area contributed by atoms with Crippen LogP contribution in [0.25, 0.3) is 33.1 Å². The third kappa shape index (κ3) is 2.47. The van der Waals surface area contributed by atoms with Crippen molar-refractivity contribution in [2.24, 2.45) is 0 Å². The predicted octanol–water partition coefficient (Wildman–Crippen LogP) is 4.75. The predicted molar refractivity (Wildman–Crippen MR) is 109 cm³/mol. The number of esters is 1. The number of fused-ring (bicyclic) bond motifs is 5. The van der Waals surface area contributed by atoms with E-state index in [1.54, 1.807) is 6.07 Å². The van der Waals surface area contributed by atoms with Crippen LogP contribution in [-0.2, 0) is 17.6 Å². The van der Waals surface area contributed by atoms with Crippen LogP contribution < -0.4 is 0 Å². The lowest BCUT2D eigenvalue weighted by molar-refractivity contribution is 0.0597. The van der Waals surface area contributed by atoms with Crippen molar-refractivity contribution in [3.63, 3.8) is 0 Å². The van der Waals surface area contributed by atoms with Crippen molar-refractivity contribution in [2.45, 2.75) is 25.7 Å². The van der Waals surface area contributed by atoms with Crippen LogP contribution >= 0.6 is 0 Å². The number of methoxy groups -OCH3 is 1. The van der Waals surface area contributed by atoms with E-state index >= 15 is 0 Å². The van der Waals surface area contributed by atoms with Crippen LogP contribution in [0.3, 0.4) is 0 Å². The van der Waals surface area contributed by atoms with Gasteiger partial charge in [0.05, 0.1) is 18.3 Å². The minimum absolute atomic E-state index is 0.0840. The average Bonchev–Trinajstić information content (AvgIpc) is 3.21.